The van der Waals surface area contributed by atoms with Crippen molar-refractivity contribution in [3.8, 4) is 0 Å². The fourth-order valence-electron chi connectivity index (χ4n) is 3.20. The first-order valence-corrected chi connectivity index (χ1v) is 9.99. The Hall–Kier alpha value is -1.79. The number of benzene rings is 1. The van der Waals surface area contributed by atoms with Crippen LogP contribution in [0.15, 0.2) is 42.7 Å². The number of rotatable bonds is 7. The van der Waals surface area contributed by atoms with Gasteiger partial charge in [0.15, 0.2) is 0 Å². The van der Waals surface area contributed by atoms with Crippen molar-refractivity contribution >= 4 is 17.7 Å². The molecule has 2 aromatic rings. The number of thioether (sulfide) groups is 1. The van der Waals surface area contributed by atoms with Crippen molar-refractivity contribution in [2.24, 2.45) is 0 Å². The number of carbonyl (C=O) groups is 1. The third-order valence-electron chi connectivity index (χ3n) is 4.72. The van der Waals surface area contributed by atoms with E-state index in [1.165, 1.54) is 11.1 Å². The van der Waals surface area contributed by atoms with E-state index in [-0.39, 0.29) is 5.91 Å². The highest BCUT2D eigenvalue weighted by atomic mass is 32.2. The Labute approximate surface area is 153 Å². The molecule has 0 bridgehead atoms. The van der Waals surface area contributed by atoms with Crippen molar-refractivity contribution in [2.45, 2.75) is 31.1 Å². The molecule has 1 aliphatic heterocycles. The van der Waals surface area contributed by atoms with E-state index in [9.17, 15) is 4.79 Å². The zero-order valence-corrected chi connectivity index (χ0v) is 15.5. The zero-order chi connectivity index (χ0) is 17.5. The normalized spacial score (nSPS) is 16.5. The number of amides is 1. The van der Waals surface area contributed by atoms with Crippen LogP contribution in [0, 0.1) is 6.92 Å². The summed E-state index contributed by atoms with van der Waals surface area (Å²) in [6, 6.07) is 10.5. The first kappa shape index (κ1) is 18.0. The van der Waals surface area contributed by atoms with Gasteiger partial charge in [-0.05, 0) is 44.5 Å². The van der Waals surface area contributed by atoms with Crippen LogP contribution in [0.1, 0.15) is 24.0 Å². The molecular formula is C19H26N4OS. The number of nitrogens with zero attached hydrogens (tertiary/aromatic N) is 2. The van der Waals surface area contributed by atoms with Gasteiger partial charge in [-0.25, -0.2) is 0 Å². The summed E-state index contributed by atoms with van der Waals surface area (Å²) in [6.07, 6.45) is 5.19. The Morgan fingerprint density at radius 2 is 2.08 bits per heavy atom. The molecule has 25 heavy (non-hydrogen) atoms. The lowest BCUT2D eigenvalue weighted by atomic mass is 9.87. The van der Waals surface area contributed by atoms with Gasteiger partial charge in [-0.1, -0.05) is 29.8 Å². The second-order valence-corrected chi connectivity index (χ2v) is 7.63. The molecule has 0 aliphatic carbocycles. The van der Waals surface area contributed by atoms with E-state index in [0.29, 0.717) is 6.54 Å². The van der Waals surface area contributed by atoms with E-state index >= 15 is 0 Å². The smallest absolute Gasteiger partial charge is 0.248 e. The van der Waals surface area contributed by atoms with Crippen LogP contribution in [0.3, 0.4) is 0 Å². The summed E-state index contributed by atoms with van der Waals surface area (Å²) in [5.74, 6) is 1.98. The summed E-state index contributed by atoms with van der Waals surface area (Å²) in [5.41, 5.74) is 2.07. The van der Waals surface area contributed by atoms with Gasteiger partial charge in [-0.15, -0.1) is 0 Å². The van der Waals surface area contributed by atoms with Crippen molar-refractivity contribution in [1.82, 2.24) is 20.4 Å². The molecule has 1 aromatic heterocycles. The number of nitrogens with one attached hydrogen (secondary N) is 2. The molecule has 3 rings (SSSR count). The molecule has 5 nitrogen and oxygen atoms in total. The van der Waals surface area contributed by atoms with Crippen LogP contribution in [-0.4, -0.2) is 41.1 Å². The first-order chi connectivity index (χ1) is 12.2. The van der Waals surface area contributed by atoms with Gasteiger partial charge in [0, 0.05) is 30.4 Å². The third kappa shape index (κ3) is 4.44. The maximum Gasteiger partial charge on any atom is 0.248 e. The summed E-state index contributed by atoms with van der Waals surface area (Å²) in [7, 11) is 0. The predicted molar refractivity (Wildman–Crippen MR) is 103 cm³/mol. The van der Waals surface area contributed by atoms with Crippen molar-refractivity contribution in [3.05, 3.63) is 53.9 Å². The van der Waals surface area contributed by atoms with Crippen molar-refractivity contribution in [3.63, 3.8) is 0 Å². The van der Waals surface area contributed by atoms with Crippen LogP contribution >= 0.6 is 11.8 Å². The van der Waals surface area contributed by atoms with Crippen LogP contribution in [0.25, 0.3) is 0 Å². The highest BCUT2D eigenvalue weighted by molar-refractivity contribution is 7.98. The minimum atomic E-state index is -0.545. The van der Waals surface area contributed by atoms with Crippen LogP contribution < -0.4 is 10.6 Å². The lowest BCUT2D eigenvalue weighted by Gasteiger charge is -2.36. The van der Waals surface area contributed by atoms with Gasteiger partial charge < -0.3 is 10.6 Å². The van der Waals surface area contributed by atoms with Crippen LogP contribution in [-0.2, 0) is 16.1 Å². The molecule has 6 heteroatoms. The maximum absolute atomic E-state index is 12.9. The van der Waals surface area contributed by atoms with Crippen LogP contribution in [0.4, 0.5) is 0 Å². The van der Waals surface area contributed by atoms with E-state index in [0.717, 1.165) is 37.4 Å². The van der Waals surface area contributed by atoms with Gasteiger partial charge in [0.25, 0.3) is 0 Å². The molecule has 0 unspecified atom stereocenters. The largest absolute Gasteiger partial charge is 0.353 e. The Kier molecular flexibility index (Phi) is 6.15. The van der Waals surface area contributed by atoms with Gasteiger partial charge in [0.05, 0.1) is 0 Å². The van der Waals surface area contributed by atoms with Gasteiger partial charge >= 0.3 is 0 Å². The summed E-state index contributed by atoms with van der Waals surface area (Å²) >= 11 is 1.85. The standard InChI is InChI=1S/C19H26N4OS/c1-16-3-5-17(6-4-16)15-25-14-12-21-18(24)19(7-10-20-11-8-19)23-13-2-9-22-23/h2-6,9,13,20H,7-8,10-12,14-15H2,1H3,(H,21,24). The highest BCUT2D eigenvalue weighted by Crippen LogP contribution is 2.27. The topological polar surface area (TPSA) is 59.0 Å². The second kappa shape index (κ2) is 8.54. The quantitative estimate of drug-likeness (QED) is 0.746. The number of carbonyl (C=O) groups excluding carboxylic acids is 1. The van der Waals surface area contributed by atoms with E-state index in [1.54, 1.807) is 6.20 Å². The summed E-state index contributed by atoms with van der Waals surface area (Å²) in [6.45, 7) is 4.47. The molecule has 0 spiro atoms. The Bertz CT molecular complexity index is 663. The summed E-state index contributed by atoms with van der Waals surface area (Å²) in [4.78, 5) is 12.9. The molecular weight excluding hydrogens is 332 g/mol. The van der Waals surface area contributed by atoms with Crippen molar-refractivity contribution in [2.75, 3.05) is 25.4 Å². The van der Waals surface area contributed by atoms with Crippen molar-refractivity contribution in [1.29, 1.82) is 0 Å². The van der Waals surface area contributed by atoms with Gasteiger partial charge in [-0.3, -0.25) is 9.48 Å². The lowest BCUT2D eigenvalue weighted by molar-refractivity contribution is -0.131. The average molecular weight is 359 g/mol. The van der Waals surface area contributed by atoms with Crippen LogP contribution in [0.5, 0.6) is 0 Å². The molecule has 134 valence electrons. The molecule has 1 saturated heterocycles. The Balaban J connectivity index is 1.48. The van der Waals surface area contributed by atoms with E-state index < -0.39 is 5.54 Å². The van der Waals surface area contributed by atoms with E-state index in [1.807, 2.05) is 28.7 Å². The number of hydrogen-bond donors (Lipinski definition) is 2. The number of piperidine rings is 1. The molecule has 0 radical (unpaired) electrons. The summed E-state index contributed by atoms with van der Waals surface area (Å²) in [5, 5.41) is 10.8. The van der Waals surface area contributed by atoms with Gasteiger partial charge in [-0.2, -0.15) is 16.9 Å². The molecule has 1 fully saturated rings. The first-order valence-electron chi connectivity index (χ1n) is 8.83. The van der Waals surface area contributed by atoms with Crippen molar-refractivity contribution < 1.29 is 4.79 Å². The average Bonchev–Trinajstić information content (AvgIpc) is 3.18. The monoisotopic (exact) mass is 358 g/mol. The Morgan fingerprint density at radius 3 is 2.76 bits per heavy atom. The summed E-state index contributed by atoms with van der Waals surface area (Å²) < 4.78 is 1.84. The number of aromatic nitrogens is 2. The highest BCUT2D eigenvalue weighted by Gasteiger charge is 2.41. The lowest BCUT2D eigenvalue weighted by Crippen LogP contribution is -2.54. The molecule has 2 N–H and O–H groups in total. The van der Waals surface area contributed by atoms with Gasteiger partial charge in [0.2, 0.25) is 5.91 Å². The second-order valence-electron chi connectivity index (χ2n) is 6.53. The molecule has 2 heterocycles. The SMILES string of the molecule is Cc1ccc(CSCCNC(=O)C2(n3cccn3)CCNCC2)cc1. The van der Waals surface area contributed by atoms with Crippen LogP contribution in [0.2, 0.25) is 0 Å². The third-order valence-corrected chi connectivity index (χ3v) is 5.75. The maximum atomic E-state index is 12.9. The molecule has 1 aromatic carbocycles. The fourth-order valence-corrected chi connectivity index (χ4v) is 4.02. The number of hydrogen-bond acceptors (Lipinski definition) is 4. The minimum absolute atomic E-state index is 0.0913. The fraction of sp³-hybridized carbons (Fsp3) is 0.474. The Morgan fingerprint density at radius 1 is 1.32 bits per heavy atom. The molecule has 1 aliphatic rings. The molecule has 1 amide bonds. The van der Waals surface area contributed by atoms with Gasteiger partial charge in [0.1, 0.15) is 5.54 Å². The predicted octanol–water partition coefficient (Wildman–Crippen LogP) is 2.32. The van der Waals surface area contributed by atoms with E-state index in [2.05, 4.69) is 46.9 Å². The molecule has 0 atom stereocenters. The molecule has 0 saturated carbocycles. The minimum Gasteiger partial charge on any atom is -0.353 e. The number of aryl methyl sites for hydroxylation is 1. The zero-order valence-electron chi connectivity index (χ0n) is 14.7. The van der Waals surface area contributed by atoms with E-state index in [4.69, 9.17) is 0 Å².